The summed E-state index contributed by atoms with van der Waals surface area (Å²) in [6.45, 7) is 0. The molecule has 0 atom stereocenters. The van der Waals surface area contributed by atoms with Gasteiger partial charge < -0.3 is 9.13 Å². The highest BCUT2D eigenvalue weighted by Crippen LogP contribution is 2.38. The largest absolute Gasteiger partial charge is 0.310 e. The Morgan fingerprint density at radius 2 is 0.722 bits per heavy atom. The Kier molecular flexibility index (Phi) is 8.12. The molecule has 20 radical (unpaired) electrons. The smallest absolute Gasteiger partial charge is 0.115 e. The summed E-state index contributed by atoms with van der Waals surface area (Å²) in [5.41, 5.74) is 11.0. The highest BCUT2D eigenvalue weighted by atomic mass is 15.0. The topological polar surface area (TPSA) is 9.86 Å². The zero-order chi connectivity index (χ0) is 37.7. The summed E-state index contributed by atoms with van der Waals surface area (Å²) in [5.74, 6) is 0. The van der Waals surface area contributed by atoms with Crippen molar-refractivity contribution in [1.82, 2.24) is 9.13 Å². The summed E-state index contributed by atoms with van der Waals surface area (Å²) in [5, 5.41) is 4.22. The van der Waals surface area contributed by atoms with Crippen LogP contribution in [0, 0.1) is 0 Å². The number of benzene rings is 7. The average molecular weight is 659 g/mol. The van der Waals surface area contributed by atoms with Gasteiger partial charge in [-0.2, -0.15) is 0 Å². The van der Waals surface area contributed by atoms with Crippen LogP contribution in [0.5, 0.6) is 0 Å². The van der Waals surface area contributed by atoms with Gasteiger partial charge in [0.15, 0.2) is 0 Å². The number of hydrogen-bond donors (Lipinski definition) is 0. The molecular formula is C42H18B10N2. The van der Waals surface area contributed by atoms with E-state index in [1.54, 1.807) is 0 Å². The van der Waals surface area contributed by atoms with Gasteiger partial charge >= 0.3 is 0 Å². The van der Waals surface area contributed by atoms with E-state index in [1.807, 2.05) is 59.2 Å². The third kappa shape index (κ3) is 4.95. The summed E-state index contributed by atoms with van der Waals surface area (Å²) in [6.07, 6.45) is 0. The molecule has 54 heavy (non-hydrogen) atoms. The van der Waals surface area contributed by atoms with Gasteiger partial charge in [0.05, 0.1) is 22.1 Å². The fraction of sp³-hybridized carbons (Fsp3) is 0. The van der Waals surface area contributed by atoms with Crippen LogP contribution in [0.1, 0.15) is 0 Å². The lowest BCUT2D eigenvalue weighted by Gasteiger charge is -2.23. The zero-order valence-electron chi connectivity index (χ0n) is 29.1. The number of rotatable bonds is 4. The van der Waals surface area contributed by atoms with Crippen LogP contribution in [0.4, 0.5) is 0 Å². The van der Waals surface area contributed by atoms with Gasteiger partial charge in [-0.05, 0) is 70.8 Å². The predicted molar refractivity (Wildman–Crippen MR) is 240 cm³/mol. The van der Waals surface area contributed by atoms with E-state index in [9.17, 15) is 0 Å². The van der Waals surface area contributed by atoms with Crippen LogP contribution >= 0.6 is 0 Å². The Morgan fingerprint density at radius 3 is 1.26 bits per heavy atom. The molecule has 0 bridgehead atoms. The van der Waals surface area contributed by atoms with Gasteiger partial charge in [-0.25, -0.2) is 0 Å². The van der Waals surface area contributed by atoms with Crippen molar-refractivity contribution in [1.29, 1.82) is 0 Å². The van der Waals surface area contributed by atoms with Crippen LogP contribution in [0.3, 0.4) is 0 Å². The molecule has 0 fully saturated rings. The quantitative estimate of drug-likeness (QED) is 0.219. The fourth-order valence-corrected chi connectivity index (χ4v) is 7.86. The zero-order valence-corrected chi connectivity index (χ0v) is 29.1. The Morgan fingerprint density at radius 1 is 0.296 bits per heavy atom. The molecule has 2 heterocycles. The molecule has 0 aliphatic rings. The Balaban J connectivity index is 1.22. The number of aromatic nitrogens is 2. The molecule has 7 aromatic carbocycles. The van der Waals surface area contributed by atoms with Crippen LogP contribution in [0.15, 0.2) is 109 Å². The van der Waals surface area contributed by atoms with E-state index in [4.69, 9.17) is 78.5 Å². The molecule has 9 rings (SSSR count). The highest BCUT2D eigenvalue weighted by molar-refractivity contribution is 6.69. The maximum Gasteiger partial charge on any atom is 0.115 e. The van der Waals surface area contributed by atoms with Crippen molar-refractivity contribution < 1.29 is 0 Å². The maximum atomic E-state index is 6.57. The summed E-state index contributed by atoms with van der Waals surface area (Å²) in [7, 11) is 63.4. The number of hydrogen-bond acceptors (Lipinski definition) is 0. The third-order valence-corrected chi connectivity index (χ3v) is 10.7. The molecule has 0 aliphatic carbocycles. The molecule has 0 aliphatic heterocycles. The van der Waals surface area contributed by atoms with Crippen LogP contribution in [0.2, 0.25) is 0 Å². The first-order valence-electron chi connectivity index (χ1n) is 17.2. The van der Waals surface area contributed by atoms with Gasteiger partial charge in [0.25, 0.3) is 0 Å². The maximum absolute atomic E-state index is 6.57. The monoisotopic (exact) mass is 660 g/mol. The lowest BCUT2D eigenvalue weighted by molar-refractivity contribution is 1.18. The van der Waals surface area contributed by atoms with E-state index in [2.05, 4.69) is 59.2 Å². The van der Waals surface area contributed by atoms with E-state index in [-0.39, 0.29) is 54.6 Å². The van der Waals surface area contributed by atoms with Crippen LogP contribution in [-0.2, 0) is 0 Å². The van der Waals surface area contributed by atoms with Crippen molar-refractivity contribution in [3.63, 3.8) is 0 Å². The van der Waals surface area contributed by atoms with E-state index in [1.165, 1.54) is 0 Å². The fourth-order valence-electron chi connectivity index (χ4n) is 7.86. The molecule has 9 aromatic rings. The molecule has 0 N–H and O–H groups in total. The van der Waals surface area contributed by atoms with Gasteiger partial charge in [0, 0.05) is 32.9 Å². The molecule has 2 nitrogen and oxygen atoms in total. The minimum absolute atomic E-state index is 0.174. The minimum atomic E-state index is 0.174. The van der Waals surface area contributed by atoms with E-state index in [0.717, 1.165) is 66.0 Å². The van der Waals surface area contributed by atoms with Crippen molar-refractivity contribution in [2.75, 3.05) is 0 Å². The summed E-state index contributed by atoms with van der Waals surface area (Å²) < 4.78 is 4.23. The first kappa shape index (κ1) is 34.6. The summed E-state index contributed by atoms with van der Waals surface area (Å²) in [4.78, 5) is 0. The van der Waals surface area contributed by atoms with Crippen LogP contribution in [0.25, 0.3) is 77.2 Å². The van der Waals surface area contributed by atoms with Gasteiger partial charge in [0.2, 0.25) is 0 Å². The van der Waals surface area contributed by atoms with E-state index >= 15 is 0 Å². The van der Waals surface area contributed by atoms with Crippen LogP contribution in [-0.4, -0.2) is 87.6 Å². The summed E-state index contributed by atoms with van der Waals surface area (Å²) in [6, 6.07) is 37.2. The van der Waals surface area contributed by atoms with Crippen molar-refractivity contribution in [2.45, 2.75) is 0 Å². The van der Waals surface area contributed by atoms with Crippen molar-refractivity contribution in [2.24, 2.45) is 0 Å². The minimum Gasteiger partial charge on any atom is -0.310 e. The van der Waals surface area contributed by atoms with Gasteiger partial charge in [0.1, 0.15) is 78.5 Å². The average Bonchev–Trinajstić information content (AvgIpc) is 3.70. The highest BCUT2D eigenvalue weighted by Gasteiger charge is 2.20. The molecule has 0 saturated carbocycles. The second-order valence-corrected chi connectivity index (χ2v) is 13.6. The summed E-state index contributed by atoms with van der Waals surface area (Å²) >= 11 is 0. The van der Waals surface area contributed by atoms with Crippen molar-refractivity contribution in [3.05, 3.63) is 109 Å². The molecule has 0 amide bonds. The molecule has 2 aromatic heterocycles. The Hall–Kier alpha value is -5.21. The van der Waals surface area contributed by atoms with E-state index in [0.29, 0.717) is 11.3 Å². The SMILES string of the molecule is [B]c1c([B])c([B])c(-c2cccc(-n3c4ccccc4c4cc(-c5ccc6c(c5)c5ccccc5n6-c5c([B])c([B])c([B])c([B])c5[B])ccc43)c2)c([B])c1[B]. The van der Waals surface area contributed by atoms with Gasteiger partial charge in [-0.15, -0.1) is 32.8 Å². The first-order chi connectivity index (χ1) is 26.0. The second kappa shape index (κ2) is 12.7. The molecule has 0 saturated heterocycles. The molecule has 12 heteroatoms. The molecule has 0 unspecified atom stereocenters. The van der Waals surface area contributed by atoms with Crippen molar-refractivity contribution in [3.8, 4) is 33.6 Å². The lowest BCUT2D eigenvalue weighted by atomic mass is 9.59. The van der Waals surface area contributed by atoms with E-state index < -0.39 is 0 Å². The Bertz CT molecular complexity index is 3010. The van der Waals surface area contributed by atoms with Crippen LogP contribution < -0.4 is 54.6 Å². The number of para-hydroxylation sites is 2. The first-order valence-corrected chi connectivity index (χ1v) is 17.2. The standard InChI is InChI=1S/C42H18B10N2/c43-32-31(33(44)35(46)36(47)34(32)45)21-6-5-7-22(16-21)53-27-10-3-1-8-23(27)25-17-19(12-14-29(25)53)20-13-15-30-26(18-20)24-9-2-4-11-28(24)54(30)42-40(51)38(49)37(48)39(50)41(42)52/h1-18H. The van der Waals surface area contributed by atoms with Gasteiger partial charge in [-0.1, -0.05) is 82.5 Å². The second-order valence-electron chi connectivity index (χ2n) is 13.6. The Labute approximate surface area is 327 Å². The predicted octanol–water partition coefficient (Wildman–Crippen LogP) is -0.847. The molecule has 0 spiro atoms. The molecule has 226 valence electrons. The van der Waals surface area contributed by atoms with Gasteiger partial charge in [-0.3, -0.25) is 0 Å². The van der Waals surface area contributed by atoms with Crippen molar-refractivity contribution >= 4 is 177 Å². The molecular weight excluding hydrogens is 641 g/mol. The lowest BCUT2D eigenvalue weighted by Crippen LogP contribution is -2.56. The number of nitrogens with zero attached hydrogens (tertiary/aromatic N) is 2. The number of fused-ring (bicyclic) bond motifs is 6. The normalized spacial score (nSPS) is 11.7. The third-order valence-electron chi connectivity index (χ3n) is 10.7.